The molecular formula is C10H19NO6. The zero-order valence-electron chi connectivity index (χ0n) is 9.61. The van der Waals surface area contributed by atoms with E-state index >= 15 is 0 Å². The third kappa shape index (κ3) is 5.22. The summed E-state index contributed by atoms with van der Waals surface area (Å²) in [5.74, 6) is -0.436. The van der Waals surface area contributed by atoms with Gasteiger partial charge in [0, 0.05) is 6.42 Å². The minimum absolute atomic E-state index is 0.190. The van der Waals surface area contributed by atoms with Crippen LogP contribution in [0.2, 0.25) is 0 Å². The summed E-state index contributed by atoms with van der Waals surface area (Å²) < 4.78 is 0. The molecule has 0 fully saturated rings. The Hall–Kier alpha value is -1.02. The van der Waals surface area contributed by atoms with E-state index in [1.165, 1.54) is 0 Å². The zero-order valence-corrected chi connectivity index (χ0v) is 9.61. The third-order valence-corrected chi connectivity index (χ3v) is 2.25. The summed E-state index contributed by atoms with van der Waals surface area (Å²) in [6.45, 7) is 1.02. The van der Waals surface area contributed by atoms with E-state index in [4.69, 9.17) is 10.2 Å². The maximum Gasteiger partial charge on any atom is 0.220 e. The molecule has 100 valence electrons. The molecule has 7 heteroatoms. The van der Waals surface area contributed by atoms with Crippen molar-refractivity contribution in [2.75, 3.05) is 6.61 Å². The molecule has 0 radical (unpaired) electrons. The topological polar surface area (TPSA) is 127 Å². The van der Waals surface area contributed by atoms with E-state index in [2.05, 4.69) is 5.32 Å². The zero-order chi connectivity index (χ0) is 13.4. The minimum atomic E-state index is -1.71. The second-order valence-corrected chi connectivity index (χ2v) is 3.71. The standard InChI is InChI=1S/C10H19NO6/c1-2-3-8(15)11-6(4-12)9(16)10(17)7(14)5-13/h4,6-7,9-10,13-14,16-17H,2-3,5H2,1H3,(H,11,15)/t6-,7+,9+,10+/m0/s1. The number of nitrogens with one attached hydrogen (secondary N) is 1. The van der Waals surface area contributed by atoms with E-state index in [0.717, 1.165) is 0 Å². The molecule has 0 rings (SSSR count). The predicted molar refractivity (Wildman–Crippen MR) is 58.0 cm³/mol. The second kappa shape index (κ2) is 8.13. The molecule has 0 aliphatic heterocycles. The van der Waals surface area contributed by atoms with Gasteiger partial charge >= 0.3 is 0 Å². The van der Waals surface area contributed by atoms with Crippen LogP contribution >= 0.6 is 0 Å². The van der Waals surface area contributed by atoms with E-state index < -0.39 is 36.9 Å². The minimum Gasteiger partial charge on any atom is -0.394 e. The van der Waals surface area contributed by atoms with Gasteiger partial charge in [-0.25, -0.2) is 0 Å². The Bertz CT molecular complexity index is 247. The fourth-order valence-corrected chi connectivity index (χ4v) is 1.23. The molecule has 0 spiro atoms. The smallest absolute Gasteiger partial charge is 0.220 e. The van der Waals surface area contributed by atoms with Crippen molar-refractivity contribution in [2.45, 2.75) is 44.1 Å². The van der Waals surface area contributed by atoms with Crippen LogP contribution in [0.3, 0.4) is 0 Å². The normalized spacial score (nSPS) is 17.9. The molecule has 7 nitrogen and oxygen atoms in total. The average Bonchev–Trinajstić information content (AvgIpc) is 2.33. The van der Waals surface area contributed by atoms with Gasteiger partial charge in [0.25, 0.3) is 0 Å². The van der Waals surface area contributed by atoms with E-state index in [9.17, 15) is 19.8 Å². The van der Waals surface area contributed by atoms with Crippen LogP contribution in [0.4, 0.5) is 0 Å². The van der Waals surface area contributed by atoms with Crippen LogP contribution in [0, 0.1) is 0 Å². The van der Waals surface area contributed by atoms with E-state index in [1.54, 1.807) is 6.92 Å². The Morgan fingerprint density at radius 1 is 1.29 bits per heavy atom. The van der Waals surface area contributed by atoms with E-state index in [0.29, 0.717) is 6.42 Å². The molecule has 0 unspecified atom stereocenters. The number of hydrogen-bond acceptors (Lipinski definition) is 6. The van der Waals surface area contributed by atoms with Crippen molar-refractivity contribution < 1.29 is 30.0 Å². The van der Waals surface area contributed by atoms with Gasteiger partial charge in [0.1, 0.15) is 30.6 Å². The molecule has 0 bridgehead atoms. The lowest BCUT2D eigenvalue weighted by Crippen LogP contribution is -2.53. The Labute approximate surface area is 99.1 Å². The second-order valence-electron chi connectivity index (χ2n) is 3.71. The van der Waals surface area contributed by atoms with Gasteiger partial charge < -0.3 is 30.5 Å². The lowest BCUT2D eigenvalue weighted by Gasteiger charge is -2.26. The maximum atomic E-state index is 11.2. The van der Waals surface area contributed by atoms with Gasteiger partial charge in [-0.15, -0.1) is 0 Å². The number of aldehydes is 1. The van der Waals surface area contributed by atoms with Gasteiger partial charge in [0.2, 0.25) is 5.91 Å². The summed E-state index contributed by atoms with van der Waals surface area (Å²) in [5.41, 5.74) is 0. The first-order valence-electron chi connectivity index (χ1n) is 5.37. The van der Waals surface area contributed by atoms with Crippen molar-refractivity contribution in [3.63, 3.8) is 0 Å². The number of hydrogen-bond donors (Lipinski definition) is 5. The molecular weight excluding hydrogens is 230 g/mol. The Morgan fingerprint density at radius 3 is 2.29 bits per heavy atom. The van der Waals surface area contributed by atoms with Gasteiger partial charge in [-0.05, 0) is 6.42 Å². The average molecular weight is 249 g/mol. The number of carbonyl (C=O) groups is 2. The van der Waals surface area contributed by atoms with Crippen molar-refractivity contribution in [3.05, 3.63) is 0 Å². The summed E-state index contributed by atoms with van der Waals surface area (Å²) >= 11 is 0. The van der Waals surface area contributed by atoms with Gasteiger partial charge in [-0.1, -0.05) is 6.92 Å². The molecule has 0 heterocycles. The molecule has 0 saturated carbocycles. The SMILES string of the molecule is CCCC(=O)N[C@@H](C=O)[C@@H](O)[C@H](O)[C@H](O)CO. The molecule has 17 heavy (non-hydrogen) atoms. The molecule has 1 amide bonds. The van der Waals surface area contributed by atoms with Crippen LogP contribution in [-0.2, 0) is 9.59 Å². The van der Waals surface area contributed by atoms with E-state index in [1.807, 2.05) is 0 Å². The van der Waals surface area contributed by atoms with Crippen LogP contribution in [0.1, 0.15) is 19.8 Å². The first-order chi connectivity index (χ1) is 7.97. The number of carbonyl (C=O) groups excluding carboxylic acids is 2. The summed E-state index contributed by atoms with van der Waals surface area (Å²) in [5, 5.41) is 38.8. The largest absolute Gasteiger partial charge is 0.394 e. The fourth-order valence-electron chi connectivity index (χ4n) is 1.23. The van der Waals surface area contributed by atoms with Crippen LogP contribution < -0.4 is 5.32 Å². The Morgan fingerprint density at radius 2 is 1.88 bits per heavy atom. The van der Waals surface area contributed by atoms with Crippen molar-refractivity contribution >= 4 is 12.2 Å². The van der Waals surface area contributed by atoms with Crippen LogP contribution in [-0.4, -0.2) is 63.6 Å². The van der Waals surface area contributed by atoms with Gasteiger partial charge in [-0.3, -0.25) is 4.79 Å². The summed E-state index contributed by atoms with van der Waals surface area (Å²) in [7, 11) is 0. The molecule has 0 aliphatic carbocycles. The first-order valence-corrected chi connectivity index (χ1v) is 5.37. The van der Waals surface area contributed by atoms with Gasteiger partial charge in [0.05, 0.1) is 6.61 Å². The summed E-state index contributed by atoms with van der Waals surface area (Å²) in [4.78, 5) is 21.9. The Kier molecular flexibility index (Phi) is 7.64. The maximum absolute atomic E-state index is 11.2. The highest BCUT2D eigenvalue weighted by Crippen LogP contribution is 2.04. The third-order valence-electron chi connectivity index (χ3n) is 2.25. The molecule has 0 aromatic carbocycles. The van der Waals surface area contributed by atoms with Crippen molar-refractivity contribution in [1.82, 2.24) is 5.32 Å². The lowest BCUT2D eigenvalue weighted by molar-refractivity contribution is -0.131. The van der Waals surface area contributed by atoms with E-state index in [-0.39, 0.29) is 12.7 Å². The van der Waals surface area contributed by atoms with Crippen molar-refractivity contribution in [2.24, 2.45) is 0 Å². The molecule has 4 atom stereocenters. The van der Waals surface area contributed by atoms with Crippen molar-refractivity contribution in [1.29, 1.82) is 0 Å². The molecule has 0 aliphatic rings. The fraction of sp³-hybridized carbons (Fsp3) is 0.800. The monoisotopic (exact) mass is 249 g/mol. The Balaban J connectivity index is 4.43. The first kappa shape index (κ1) is 16.0. The lowest BCUT2D eigenvalue weighted by atomic mass is 10.0. The van der Waals surface area contributed by atoms with Gasteiger partial charge in [0.15, 0.2) is 0 Å². The van der Waals surface area contributed by atoms with Crippen molar-refractivity contribution in [3.8, 4) is 0 Å². The number of aliphatic hydroxyl groups is 4. The quantitative estimate of drug-likeness (QED) is 0.304. The van der Waals surface area contributed by atoms with Gasteiger partial charge in [-0.2, -0.15) is 0 Å². The molecule has 0 aromatic heterocycles. The highest BCUT2D eigenvalue weighted by molar-refractivity contribution is 5.79. The van der Waals surface area contributed by atoms with Crippen LogP contribution in [0.5, 0.6) is 0 Å². The summed E-state index contributed by atoms with van der Waals surface area (Å²) in [6, 6.07) is -1.31. The molecule has 0 aromatic rings. The van der Waals surface area contributed by atoms with Crippen LogP contribution in [0.15, 0.2) is 0 Å². The number of rotatable bonds is 8. The summed E-state index contributed by atoms with van der Waals surface area (Å²) in [6.07, 6.45) is -3.92. The predicted octanol–water partition coefficient (Wildman–Crippen LogP) is -2.45. The molecule has 5 N–H and O–H groups in total. The van der Waals surface area contributed by atoms with Crippen LogP contribution in [0.25, 0.3) is 0 Å². The number of amides is 1. The number of aliphatic hydroxyl groups excluding tert-OH is 4. The highest BCUT2D eigenvalue weighted by Gasteiger charge is 2.31. The molecule has 0 saturated heterocycles. The highest BCUT2D eigenvalue weighted by atomic mass is 16.4.